The van der Waals surface area contributed by atoms with Gasteiger partial charge >= 0.3 is 0 Å². The summed E-state index contributed by atoms with van der Waals surface area (Å²) in [6, 6.07) is 14.0. The first-order valence-corrected chi connectivity index (χ1v) is 11.4. The number of thioether (sulfide) groups is 1. The van der Waals surface area contributed by atoms with E-state index in [0.29, 0.717) is 19.0 Å². The van der Waals surface area contributed by atoms with E-state index in [0.717, 1.165) is 60.6 Å². The summed E-state index contributed by atoms with van der Waals surface area (Å²) in [6.45, 7) is 5.41. The van der Waals surface area contributed by atoms with Gasteiger partial charge in [0, 0.05) is 43.5 Å². The van der Waals surface area contributed by atoms with Crippen LogP contribution in [0.1, 0.15) is 11.1 Å². The zero-order chi connectivity index (χ0) is 20.1. The molecule has 0 radical (unpaired) electrons. The minimum atomic E-state index is 0.219. The Kier molecular flexibility index (Phi) is 6.85. The standard InChI is InChI=1S/C22H25ClN2O3S/c23-19-3-1-2-18(12-19)15-29-16-22(26)25-8-6-24(7-9-25)14-17-4-5-20-21(13-17)28-11-10-27-20/h1-5,12-13H,6-11,14-16H2. The van der Waals surface area contributed by atoms with Crippen LogP contribution in [0.5, 0.6) is 11.5 Å². The van der Waals surface area contributed by atoms with E-state index >= 15 is 0 Å². The fraction of sp³-hybridized carbons (Fsp3) is 0.409. The molecular formula is C22H25ClN2O3S. The Morgan fingerprint density at radius 1 is 0.966 bits per heavy atom. The highest BCUT2D eigenvalue weighted by molar-refractivity contribution is 7.99. The van der Waals surface area contributed by atoms with Gasteiger partial charge < -0.3 is 14.4 Å². The van der Waals surface area contributed by atoms with E-state index in [-0.39, 0.29) is 5.91 Å². The number of benzene rings is 2. The lowest BCUT2D eigenvalue weighted by Gasteiger charge is -2.35. The number of halogens is 1. The molecule has 5 nitrogen and oxygen atoms in total. The fourth-order valence-corrected chi connectivity index (χ4v) is 4.66. The Labute approximate surface area is 180 Å². The molecule has 0 spiro atoms. The molecule has 7 heteroatoms. The van der Waals surface area contributed by atoms with Gasteiger partial charge in [-0.3, -0.25) is 9.69 Å². The van der Waals surface area contributed by atoms with E-state index in [4.69, 9.17) is 21.1 Å². The molecule has 29 heavy (non-hydrogen) atoms. The predicted octanol–water partition coefficient (Wildman–Crippen LogP) is 3.69. The first-order chi connectivity index (χ1) is 14.2. The average Bonchev–Trinajstić information content (AvgIpc) is 2.74. The average molecular weight is 433 g/mol. The van der Waals surface area contributed by atoms with Gasteiger partial charge in [-0.1, -0.05) is 29.8 Å². The molecule has 1 amide bonds. The summed E-state index contributed by atoms with van der Waals surface area (Å²) in [6.07, 6.45) is 0. The molecule has 1 saturated heterocycles. The number of carbonyl (C=O) groups is 1. The van der Waals surface area contributed by atoms with E-state index in [2.05, 4.69) is 17.0 Å². The van der Waals surface area contributed by atoms with Crippen LogP contribution in [0.15, 0.2) is 42.5 Å². The number of carbonyl (C=O) groups excluding carboxylic acids is 1. The number of rotatable bonds is 6. The lowest BCUT2D eigenvalue weighted by molar-refractivity contribution is -0.130. The summed E-state index contributed by atoms with van der Waals surface area (Å²) in [5.41, 5.74) is 2.37. The third-order valence-corrected chi connectivity index (χ3v) is 6.34. The SMILES string of the molecule is O=C(CSCc1cccc(Cl)c1)N1CCN(Cc2ccc3c(c2)OCCO3)CC1. The van der Waals surface area contributed by atoms with Crippen LogP contribution in [0.25, 0.3) is 0 Å². The third kappa shape index (κ3) is 5.59. The third-order valence-electron chi connectivity index (χ3n) is 5.12. The van der Waals surface area contributed by atoms with Gasteiger partial charge in [0.25, 0.3) is 0 Å². The van der Waals surface area contributed by atoms with E-state index in [1.807, 2.05) is 35.2 Å². The first-order valence-electron chi connectivity index (χ1n) is 9.88. The zero-order valence-electron chi connectivity index (χ0n) is 16.3. The quantitative estimate of drug-likeness (QED) is 0.696. The summed E-state index contributed by atoms with van der Waals surface area (Å²) in [4.78, 5) is 16.9. The molecule has 2 aromatic rings. The van der Waals surface area contributed by atoms with Gasteiger partial charge in [0.05, 0.1) is 5.75 Å². The molecule has 2 aliphatic rings. The van der Waals surface area contributed by atoms with Crippen LogP contribution < -0.4 is 9.47 Å². The molecular weight excluding hydrogens is 408 g/mol. The molecule has 154 valence electrons. The number of ether oxygens (including phenoxy) is 2. The van der Waals surface area contributed by atoms with Crippen LogP contribution in [0.3, 0.4) is 0 Å². The van der Waals surface area contributed by atoms with Gasteiger partial charge in [0.15, 0.2) is 11.5 Å². The number of fused-ring (bicyclic) bond motifs is 1. The maximum absolute atomic E-state index is 12.5. The van der Waals surface area contributed by atoms with Gasteiger partial charge in [0.2, 0.25) is 5.91 Å². The molecule has 1 fully saturated rings. The van der Waals surface area contributed by atoms with Gasteiger partial charge in [-0.05, 0) is 35.4 Å². The zero-order valence-corrected chi connectivity index (χ0v) is 17.9. The molecule has 0 aliphatic carbocycles. The Morgan fingerprint density at radius 2 is 1.76 bits per heavy atom. The highest BCUT2D eigenvalue weighted by atomic mass is 35.5. The Morgan fingerprint density at radius 3 is 2.55 bits per heavy atom. The second kappa shape index (κ2) is 9.74. The number of piperazine rings is 1. The van der Waals surface area contributed by atoms with Crippen LogP contribution in [0.4, 0.5) is 0 Å². The van der Waals surface area contributed by atoms with E-state index in [9.17, 15) is 4.79 Å². The van der Waals surface area contributed by atoms with Gasteiger partial charge in [-0.25, -0.2) is 0 Å². The predicted molar refractivity (Wildman–Crippen MR) is 117 cm³/mol. The van der Waals surface area contributed by atoms with Gasteiger partial charge in [-0.2, -0.15) is 0 Å². The molecule has 0 bridgehead atoms. The summed E-state index contributed by atoms with van der Waals surface area (Å²) in [5, 5.41) is 0.739. The monoisotopic (exact) mass is 432 g/mol. The van der Waals surface area contributed by atoms with E-state index in [1.165, 1.54) is 5.56 Å². The van der Waals surface area contributed by atoms with Crippen LogP contribution in [0.2, 0.25) is 5.02 Å². The van der Waals surface area contributed by atoms with Crippen LogP contribution in [-0.2, 0) is 17.1 Å². The van der Waals surface area contributed by atoms with Crippen molar-refractivity contribution in [2.45, 2.75) is 12.3 Å². The Hall–Kier alpha value is -1.89. The fourth-order valence-electron chi connectivity index (χ4n) is 3.57. The van der Waals surface area contributed by atoms with Crippen molar-refractivity contribution in [1.82, 2.24) is 9.80 Å². The molecule has 2 aromatic carbocycles. The number of nitrogens with zero attached hydrogens (tertiary/aromatic N) is 2. The highest BCUT2D eigenvalue weighted by Crippen LogP contribution is 2.31. The first kappa shape index (κ1) is 20.4. The molecule has 0 unspecified atom stereocenters. The molecule has 2 aliphatic heterocycles. The topological polar surface area (TPSA) is 42.0 Å². The molecule has 4 rings (SSSR count). The maximum atomic E-state index is 12.5. The number of hydrogen-bond acceptors (Lipinski definition) is 5. The van der Waals surface area contributed by atoms with Gasteiger partial charge in [-0.15, -0.1) is 11.8 Å². The minimum absolute atomic E-state index is 0.219. The summed E-state index contributed by atoms with van der Waals surface area (Å²) in [5.74, 6) is 3.19. The summed E-state index contributed by atoms with van der Waals surface area (Å²) >= 11 is 7.66. The van der Waals surface area contributed by atoms with Crippen molar-refractivity contribution >= 4 is 29.3 Å². The lowest BCUT2D eigenvalue weighted by Crippen LogP contribution is -2.48. The normalized spacial score (nSPS) is 16.7. The van der Waals surface area contributed by atoms with Crippen LogP contribution in [0, 0.1) is 0 Å². The van der Waals surface area contributed by atoms with Crippen molar-refractivity contribution in [1.29, 1.82) is 0 Å². The Balaban J connectivity index is 1.20. The largest absolute Gasteiger partial charge is 0.486 e. The minimum Gasteiger partial charge on any atom is -0.486 e. The van der Waals surface area contributed by atoms with Crippen molar-refractivity contribution in [3.63, 3.8) is 0 Å². The van der Waals surface area contributed by atoms with Crippen molar-refractivity contribution in [2.24, 2.45) is 0 Å². The molecule has 0 saturated carbocycles. The Bertz CT molecular complexity index is 856. The second-order valence-corrected chi connectivity index (χ2v) is 8.68. The van der Waals surface area contributed by atoms with Crippen LogP contribution in [-0.4, -0.2) is 60.9 Å². The maximum Gasteiger partial charge on any atom is 0.232 e. The lowest BCUT2D eigenvalue weighted by atomic mass is 10.1. The van der Waals surface area contributed by atoms with Crippen LogP contribution >= 0.6 is 23.4 Å². The molecule has 2 heterocycles. The number of hydrogen-bond donors (Lipinski definition) is 0. The number of amides is 1. The van der Waals surface area contributed by atoms with Gasteiger partial charge in [0.1, 0.15) is 13.2 Å². The van der Waals surface area contributed by atoms with E-state index < -0.39 is 0 Å². The smallest absolute Gasteiger partial charge is 0.232 e. The summed E-state index contributed by atoms with van der Waals surface area (Å²) < 4.78 is 11.3. The van der Waals surface area contributed by atoms with Crippen molar-refractivity contribution in [2.75, 3.05) is 45.1 Å². The van der Waals surface area contributed by atoms with Crippen molar-refractivity contribution in [3.05, 3.63) is 58.6 Å². The molecule has 0 atom stereocenters. The second-order valence-electron chi connectivity index (χ2n) is 7.26. The molecule has 0 aromatic heterocycles. The highest BCUT2D eigenvalue weighted by Gasteiger charge is 2.21. The molecule has 0 N–H and O–H groups in total. The van der Waals surface area contributed by atoms with E-state index in [1.54, 1.807) is 11.8 Å². The summed E-state index contributed by atoms with van der Waals surface area (Å²) in [7, 11) is 0. The van der Waals surface area contributed by atoms with Crippen molar-refractivity contribution in [3.8, 4) is 11.5 Å². The van der Waals surface area contributed by atoms with Crippen molar-refractivity contribution < 1.29 is 14.3 Å².